The van der Waals surface area contributed by atoms with E-state index in [2.05, 4.69) is 45.4 Å². The maximum absolute atomic E-state index is 12.7. The number of nitrogens with zero attached hydrogens (tertiary/aromatic N) is 3. The van der Waals surface area contributed by atoms with E-state index in [0.29, 0.717) is 5.69 Å². The van der Waals surface area contributed by atoms with Crippen LogP contribution in [0.5, 0.6) is 0 Å². The van der Waals surface area contributed by atoms with Crippen molar-refractivity contribution in [1.82, 2.24) is 20.0 Å². The molecule has 2 fully saturated rings. The second-order valence-corrected chi connectivity index (χ2v) is 8.03. The molecule has 2 aliphatic rings. The molecule has 2 aromatic rings. The lowest BCUT2D eigenvalue weighted by molar-refractivity contribution is 0.0687. The van der Waals surface area contributed by atoms with Gasteiger partial charge in [-0.1, -0.05) is 30.3 Å². The molecule has 1 aromatic heterocycles. The van der Waals surface area contributed by atoms with Gasteiger partial charge in [-0.05, 0) is 50.8 Å². The number of carbonyl (C=O) groups excluding carboxylic acids is 1. The Morgan fingerprint density at radius 2 is 2.04 bits per heavy atom. The molecule has 138 valence electrons. The molecule has 3 heterocycles. The number of hydrogen-bond acceptors (Lipinski definition) is 3. The van der Waals surface area contributed by atoms with Gasteiger partial charge < -0.3 is 9.80 Å². The van der Waals surface area contributed by atoms with E-state index in [1.807, 2.05) is 17.9 Å². The number of likely N-dealkylation sites (tertiary alicyclic amines) is 2. The van der Waals surface area contributed by atoms with Crippen LogP contribution in [0.3, 0.4) is 0 Å². The van der Waals surface area contributed by atoms with Crippen molar-refractivity contribution in [2.45, 2.75) is 32.6 Å². The van der Waals surface area contributed by atoms with Gasteiger partial charge in [0.25, 0.3) is 5.91 Å². The maximum Gasteiger partial charge on any atom is 0.274 e. The molecule has 2 saturated heterocycles. The van der Waals surface area contributed by atoms with E-state index >= 15 is 0 Å². The molecule has 5 heteroatoms. The fourth-order valence-corrected chi connectivity index (χ4v) is 4.56. The summed E-state index contributed by atoms with van der Waals surface area (Å²) in [5.41, 5.74) is 3.17. The Hall–Kier alpha value is -2.14. The summed E-state index contributed by atoms with van der Waals surface area (Å²) in [4.78, 5) is 17.3. The van der Waals surface area contributed by atoms with Gasteiger partial charge in [0.05, 0.1) is 0 Å². The molecular formula is C21H28N4O. The smallest absolute Gasteiger partial charge is 0.274 e. The van der Waals surface area contributed by atoms with Crippen LogP contribution >= 0.6 is 0 Å². The Morgan fingerprint density at radius 1 is 1.19 bits per heavy atom. The highest BCUT2D eigenvalue weighted by Gasteiger charge is 2.43. The zero-order chi connectivity index (χ0) is 18.0. The average molecular weight is 352 g/mol. The first-order chi connectivity index (χ1) is 12.6. The van der Waals surface area contributed by atoms with Crippen LogP contribution in [0.15, 0.2) is 36.4 Å². The van der Waals surface area contributed by atoms with Gasteiger partial charge in [-0.15, -0.1) is 0 Å². The van der Waals surface area contributed by atoms with Crippen molar-refractivity contribution in [2.24, 2.45) is 5.41 Å². The lowest BCUT2D eigenvalue weighted by Crippen LogP contribution is -2.46. The van der Waals surface area contributed by atoms with Gasteiger partial charge in [-0.2, -0.15) is 5.10 Å². The fourth-order valence-electron chi connectivity index (χ4n) is 4.56. The number of aryl methyl sites for hydroxylation is 1. The Kier molecular flexibility index (Phi) is 4.81. The first kappa shape index (κ1) is 17.3. The van der Waals surface area contributed by atoms with Gasteiger partial charge in [0.15, 0.2) is 0 Å². The van der Waals surface area contributed by atoms with Crippen LogP contribution in [0.2, 0.25) is 0 Å². The van der Waals surface area contributed by atoms with E-state index in [9.17, 15) is 4.79 Å². The molecule has 0 aliphatic carbocycles. The van der Waals surface area contributed by atoms with E-state index in [-0.39, 0.29) is 11.3 Å². The number of aromatic amines is 1. The molecule has 4 rings (SSSR count). The van der Waals surface area contributed by atoms with Crippen molar-refractivity contribution in [3.05, 3.63) is 53.3 Å². The normalized spacial score (nSPS) is 23.7. The van der Waals surface area contributed by atoms with Gasteiger partial charge in [-0.3, -0.25) is 9.89 Å². The lowest BCUT2D eigenvalue weighted by atomic mass is 9.79. The number of benzene rings is 1. The standard InChI is InChI=1S/C21H28N4O/c1-17-14-19(23-22-17)20(26)25-13-10-21(16-25)9-5-11-24(15-21)12-8-18-6-3-2-4-7-18/h2-4,6-7,14H,5,8-13,15-16H2,1H3,(H,22,23)/t21-/m0/s1. The summed E-state index contributed by atoms with van der Waals surface area (Å²) in [5, 5.41) is 7.02. The first-order valence-corrected chi connectivity index (χ1v) is 9.71. The van der Waals surface area contributed by atoms with Crippen LogP contribution in [0, 0.1) is 12.3 Å². The van der Waals surface area contributed by atoms with Crippen LogP contribution < -0.4 is 0 Å². The van der Waals surface area contributed by atoms with Crippen molar-refractivity contribution in [3.63, 3.8) is 0 Å². The van der Waals surface area contributed by atoms with Crippen LogP contribution in [-0.4, -0.2) is 58.6 Å². The number of nitrogens with one attached hydrogen (secondary N) is 1. The molecule has 0 unspecified atom stereocenters. The number of hydrogen-bond donors (Lipinski definition) is 1. The molecule has 0 bridgehead atoms. The maximum atomic E-state index is 12.7. The third-order valence-electron chi connectivity index (χ3n) is 5.95. The van der Waals surface area contributed by atoms with Crippen molar-refractivity contribution >= 4 is 5.91 Å². The zero-order valence-electron chi connectivity index (χ0n) is 15.6. The second-order valence-electron chi connectivity index (χ2n) is 8.03. The molecule has 5 nitrogen and oxygen atoms in total. The van der Waals surface area contributed by atoms with E-state index in [1.165, 1.54) is 24.9 Å². The zero-order valence-corrected chi connectivity index (χ0v) is 15.6. The number of carbonyl (C=O) groups is 1. The molecule has 1 aromatic carbocycles. The van der Waals surface area contributed by atoms with Crippen LogP contribution in [-0.2, 0) is 6.42 Å². The fraction of sp³-hybridized carbons (Fsp3) is 0.524. The Morgan fingerprint density at radius 3 is 2.81 bits per heavy atom. The van der Waals surface area contributed by atoms with Gasteiger partial charge in [0, 0.05) is 37.3 Å². The second kappa shape index (κ2) is 7.23. The number of rotatable bonds is 4. The Balaban J connectivity index is 1.35. The highest BCUT2D eigenvalue weighted by molar-refractivity contribution is 5.92. The average Bonchev–Trinajstić information content (AvgIpc) is 3.27. The Labute approximate surface area is 155 Å². The quantitative estimate of drug-likeness (QED) is 0.920. The van der Waals surface area contributed by atoms with Crippen molar-refractivity contribution in [1.29, 1.82) is 0 Å². The summed E-state index contributed by atoms with van der Waals surface area (Å²) < 4.78 is 0. The molecule has 0 saturated carbocycles. The molecule has 0 radical (unpaired) electrons. The summed E-state index contributed by atoms with van der Waals surface area (Å²) in [5.74, 6) is 0.0765. The minimum absolute atomic E-state index is 0.0765. The number of piperidine rings is 1. The Bertz CT molecular complexity index is 756. The highest BCUT2D eigenvalue weighted by atomic mass is 16.2. The van der Waals surface area contributed by atoms with Crippen molar-refractivity contribution < 1.29 is 4.79 Å². The van der Waals surface area contributed by atoms with Crippen molar-refractivity contribution in [2.75, 3.05) is 32.7 Å². The van der Waals surface area contributed by atoms with E-state index in [4.69, 9.17) is 0 Å². The van der Waals surface area contributed by atoms with E-state index < -0.39 is 0 Å². The molecular weight excluding hydrogens is 324 g/mol. The summed E-state index contributed by atoms with van der Waals surface area (Å²) >= 11 is 0. The van der Waals surface area contributed by atoms with Gasteiger partial charge >= 0.3 is 0 Å². The van der Waals surface area contributed by atoms with Gasteiger partial charge in [0.2, 0.25) is 0 Å². The first-order valence-electron chi connectivity index (χ1n) is 9.71. The highest BCUT2D eigenvalue weighted by Crippen LogP contribution is 2.39. The molecule has 26 heavy (non-hydrogen) atoms. The molecule has 1 atom stereocenters. The van der Waals surface area contributed by atoms with Crippen LogP contribution in [0.1, 0.15) is 41.0 Å². The number of aromatic nitrogens is 2. The third kappa shape index (κ3) is 3.68. The van der Waals surface area contributed by atoms with Crippen LogP contribution in [0.4, 0.5) is 0 Å². The monoisotopic (exact) mass is 352 g/mol. The van der Waals surface area contributed by atoms with Gasteiger partial charge in [-0.25, -0.2) is 0 Å². The lowest BCUT2D eigenvalue weighted by Gasteiger charge is -2.40. The van der Waals surface area contributed by atoms with Crippen molar-refractivity contribution in [3.8, 4) is 0 Å². The summed E-state index contributed by atoms with van der Waals surface area (Å²) in [6.07, 6.45) is 4.69. The van der Waals surface area contributed by atoms with E-state index in [1.54, 1.807) is 0 Å². The van der Waals surface area contributed by atoms with E-state index in [0.717, 1.165) is 44.7 Å². The number of H-pyrrole nitrogens is 1. The summed E-state index contributed by atoms with van der Waals surface area (Å²) in [6.45, 7) is 7.07. The minimum atomic E-state index is 0.0765. The summed E-state index contributed by atoms with van der Waals surface area (Å²) in [7, 11) is 0. The molecule has 1 spiro atoms. The molecule has 1 amide bonds. The molecule has 1 N–H and O–H groups in total. The minimum Gasteiger partial charge on any atom is -0.337 e. The topological polar surface area (TPSA) is 52.2 Å². The predicted molar refractivity (Wildman–Crippen MR) is 102 cm³/mol. The largest absolute Gasteiger partial charge is 0.337 e. The van der Waals surface area contributed by atoms with Gasteiger partial charge in [0.1, 0.15) is 5.69 Å². The number of amides is 1. The van der Waals surface area contributed by atoms with Crippen LogP contribution in [0.25, 0.3) is 0 Å². The summed E-state index contributed by atoms with van der Waals surface area (Å²) in [6, 6.07) is 12.6. The predicted octanol–water partition coefficient (Wildman–Crippen LogP) is 2.89. The SMILES string of the molecule is Cc1cc(C(=O)N2CC[C@]3(CCCN(CCc4ccccc4)C3)C2)n[nH]1. The molecule has 2 aliphatic heterocycles. The third-order valence-corrected chi connectivity index (χ3v) is 5.95.